The zero-order chi connectivity index (χ0) is 29.5. The van der Waals surface area contributed by atoms with Crippen LogP contribution in [0.3, 0.4) is 0 Å². The molecular formula is C40H24N4O. The Balaban J connectivity index is 1.41. The lowest BCUT2D eigenvalue weighted by molar-refractivity contribution is 0.653. The van der Waals surface area contributed by atoms with E-state index in [4.69, 9.17) is 14.4 Å². The van der Waals surface area contributed by atoms with Crippen LogP contribution in [0.5, 0.6) is 0 Å². The maximum atomic E-state index is 6.40. The zero-order valence-corrected chi connectivity index (χ0v) is 24.1. The van der Waals surface area contributed by atoms with Crippen LogP contribution in [-0.4, -0.2) is 19.1 Å². The van der Waals surface area contributed by atoms with Gasteiger partial charge in [0.2, 0.25) is 5.71 Å². The van der Waals surface area contributed by atoms with Gasteiger partial charge in [0.15, 0.2) is 11.6 Å². The van der Waals surface area contributed by atoms with Crippen molar-refractivity contribution < 1.29 is 4.42 Å². The number of fused-ring (bicyclic) bond motifs is 9. The summed E-state index contributed by atoms with van der Waals surface area (Å²) in [6.07, 6.45) is 0. The van der Waals surface area contributed by atoms with Crippen molar-refractivity contribution in [3.05, 3.63) is 146 Å². The number of hydrogen-bond acceptors (Lipinski definition) is 3. The van der Waals surface area contributed by atoms with Gasteiger partial charge in [-0.2, -0.15) is 4.98 Å². The maximum absolute atomic E-state index is 6.40. The van der Waals surface area contributed by atoms with Gasteiger partial charge in [0.1, 0.15) is 5.58 Å². The van der Waals surface area contributed by atoms with Gasteiger partial charge in [0.05, 0.1) is 27.5 Å². The zero-order valence-electron chi connectivity index (χ0n) is 24.1. The van der Waals surface area contributed by atoms with Gasteiger partial charge in [-0.1, -0.05) is 103 Å². The van der Waals surface area contributed by atoms with Crippen LogP contribution in [-0.2, 0) is 0 Å². The molecule has 0 aliphatic carbocycles. The van der Waals surface area contributed by atoms with Gasteiger partial charge in [-0.15, -0.1) is 0 Å². The fourth-order valence-corrected chi connectivity index (χ4v) is 7.00. The van der Waals surface area contributed by atoms with E-state index in [1.54, 1.807) is 0 Å². The minimum Gasteiger partial charge on any atom is -0.437 e. The fraction of sp³-hybridized carbons (Fsp3) is 0. The number of rotatable bonds is 3. The molecule has 10 rings (SSSR count). The van der Waals surface area contributed by atoms with E-state index in [9.17, 15) is 0 Å². The molecule has 5 heteroatoms. The van der Waals surface area contributed by atoms with Gasteiger partial charge in [0.25, 0.3) is 0 Å². The SMILES string of the molecule is c1ccc(-c2nc(-n3c4ccccc4c4cc5c6ccccc6n(-c6ccccc6)c5cc43)c3c(n2)oc2ccccc23)cc1. The molecule has 0 bridgehead atoms. The minimum atomic E-state index is 0.575. The number of para-hydroxylation sites is 4. The Morgan fingerprint density at radius 3 is 1.76 bits per heavy atom. The summed E-state index contributed by atoms with van der Waals surface area (Å²) in [4.78, 5) is 10.3. The van der Waals surface area contributed by atoms with Crippen molar-refractivity contribution in [2.45, 2.75) is 0 Å². The van der Waals surface area contributed by atoms with Crippen molar-refractivity contribution in [2.75, 3.05) is 0 Å². The number of hydrogen-bond donors (Lipinski definition) is 0. The molecule has 4 aromatic heterocycles. The molecule has 0 unspecified atom stereocenters. The van der Waals surface area contributed by atoms with E-state index < -0.39 is 0 Å². The summed E-state index contributed by atoms with van der Waals surface area (Å²) in [5, 5.41) is 6.69. The van der Waals surface area contributed by atoms with Crippen molar-refractivity contribution in [1.29, 1.82) is 0 Å². The Morgan fingerprint density at radius 2 is 1.02 bits per heavy atom. The van der Waals surface area contributed by atoms with Crippen LogP contribution in [0.25, 0.3) is 88.6 Å². The molecule has 4 heterocycles. The molecule has 0 aliphatic rings. The third-order valence-electron chi connectivity index (χ3n) is 8.94. The van der Waals surface area contributed by atoms with Gasteiger partial charge >= 0.3 is 0 Å². The smallest absolute Gasteiger partial charge is 0.233 e. The number of nitrogens with zero attached hydrogens (tertiary/aromatic N) is 4. The highest BCUT2D eigenvalue weighted by Crippen LogP contribution is 2.41. The van der Waals surface area contributed by atoms with E-state index in [0.717, 1.165) is 50.0 Å². The lowest BCUT2D eigenvalue weighted by Gasteiger charge is -2.11. The molecular weight excluding hydrogens is 552 g/mol. The summed E-state index contributed by atoms with van der Waals surface area (Å²) in [6.45, 7) is 0. The largest absolute Gasteiger partial charge is 0.437 e. The lowest BCUT2D eigenvalue weighted by atomic mass is 10.1. The van der Waals surface area contributed by atoms with Crippen LogP contribution in [0.1, 0.15) is 0 Å². The summed E-state index contributed by atoms with van der Waals surface area (Å²) in [6, 6.07) is 50.8. The van der Waals surface area contributed by atoms with Crippen molar-refractivity contribution in [2.24, 2.45) is 0 Å². The number of benzene rings is 6. The average Bonchev–Trinajstić information content (AvgIpc) is 3.75. The van der Waals surface area contributed by atoms with Crippen LogP contribution >= 0.6 is 0 Å². The molecule has 210 valence electrons. The summed E-state index contributed by atoms with van der Waals surface area (Å²) in [5.41, 5.74) is 7.92. The normalized spacial score (nSPS) is 12.0. The Labute approximate surface area is 257 Å². The first-order valence-corrected chi connectivity index (χ1v) is 15.1. The third kappa shape index (κ3) is 3.43. The van der Waals surface area contributed by atoms with Crippen molar-refractivity contribution in [3.8, 4) is 22.9 Å². The third-order valence-corrected chi connectivity index (χ3v) is 8.94. The first-order valence-electron chi connectivity index (χ1n) is 15.1. The molecule has 0 atom stereocenters. The summed E-state index contributed by atoms with van der Waals surface area (Å²) < 4.78 is 11.1. The predicted molar refractivity (Wildman–Crippen MR) is 183 cm³/mol. The average molecular weight is 577 g/mol. The van der Waals surface area contributed by atoms with E-state index in [0.29, 0.717) is 11.5 Å². The van der Waals surface area contributed by atoms with E-state index >= 15 is 0 Å². The van der Waals surface area contributed by atoms with E-state index in [2.05, 4.69) is 106 Å². The second-order valence-corrected chi connectivity index (χ2v) is 11.4. The van der Waals surface area contributed by atoms with Gasteiger partial charge < -0.3 is 8.98 Å². The predicted octanol–water partition coefficient (Wildman–Crippen LogP) is 10.2. The van der Waals surface area contributed by atoms with Crippen LogP contribution < -0.4 is 0 Å². The van der Waals surface area contributed by atoms with Gasteiger partial charge in [0, 0.05) is 38.2 Å². The lowest BCUT2D eigenvalue weighted by Crippen LogP contribution is -2.02. The Morgan fingerprint density at radius 1 is 0.444 bits per heavy atom. The molecule has 10 aromatic rings. The second kappa shape index (κ2) is 9.15. The van der Waals surface area contributed by atoms with Crippen LogP contribution in [0, 0.1) is 0 Å². The fourth-order valence-electron chi connectivity index (χ4n) is 7.00. The standard InChI is InChI=1S/C40H24N4O/c1-3-13-25(14-4-1)38-41-39(37-29-19-9-12-22-36(29)45-40(37)42-38)44-33-21-11-8-18-28(33)31-23-30-27-17-7-10-20-32(27)43(34(30)24-35(31)44)26-15-5-2-6-16-26/h1-24H. The van der Waals surface area contributed by atoms with Crippen LogP contribution in [0.2, 0.25) is 0 Å². The molecule has 0 saturated heterocycles. The number of furan rings is 1. The number of aromatic nitrogens is 4. The molecule has 0 N–H and O–H groups in total. The molecule has 0 radical (unpaired) electrons. The van der Waals surface area contributed by atoms with Crippen molar-refractivity contribution in [1.82, 2.24) is 19.1 Å². The molecule has 5 nitrogen and oxygen atoms in total. The molecule has 6 aromatic carbocycles. The highest BCUT2D eigenvalue weighted by atomic mass is 16.3. The molecule has 0 aliphatic heterocycles. The maximum Gasteiger partial charge on any atom is 0.233 e. The van der Waals surface area contributed by atoms with Gasteiger partial charge in [-0.05, 0) is 42.5 Å². The monoisotopic (exact) mass is 576 g/mol. The quantitative estimate of drug-likeness (QED) is 0.210. The Bertz CT molecular complexity index is 2750. The minimum absolute atomic E-state index is 0.575. The highest BCUT2D eigenvalue weighted by molar-refractivity contribution is 6.20. The summed E-state index contributed by atoms with van der Waals surface area (Å²) >= 11 is 0. The van der Waals surface area contributed by atoms with E-state index in [-0.39, 0.29) is 0 Å². The van der Waals surface area contributed by atoms with Crippen LogP contribution in [0.15, 0.2) is 150 Å². The Kier molecular flexibility index (Phi) is 4.93. The topological polar surface area (TPSA) is 48.8 Å². The van der Waals surface area contributed by atoms with E-state index in [1.165, 1.54) is 27.1 Å². The van der Waals surface area contributed by atoms with Crippen molar-refractivity contribution >= 4 is 65.7 Å². The molecule has 45 heavy (non-hydrogen) atoms. The first kappa shape index (κ1) is 24.3. The van der Waals surface area contributed by atoms with Crippen LogP contribution in [0.4, 0.5) is 0 Å². The summed E-state index contributed by atoms with van der Waals surface area (Å²) in [7, 11) is 0. The van der Waals surface area contributed by atoms with Gasteiger partial charge in [-0.25, -0.2) is 4.98 Å². The first-order chi connectivity index (χ1) is 22.3. The molecule has 0 spiro atoms. The molecule has 0 saturated carbocycles. The molecule has 0 fully saturated rings. The second-order valence-electron chi connectivity index (χ2n) is 11.4. The molecule has 0 amide bonds. The highest BCUT2D eigenvalue weighted by Gasteiger charge is 2.23. The van der Waals surface area contributed by atoms with Gasteiger partial charge in [-0.3, -0.25) is 4.57 Å². The summed E-state index contributed by atoms with van der Waals surface area (Å²) in [5.74, 6) is 1.43. The Hall–Kier alpha value is -6.20. The van der Waals surface area contributed by atoms with E-state index in [1.807, 2.05) is 48.5 Å². The van der Waals surface area contributed by atoms with Crippen molar-refractivity contribution in [3.63, 3.8) is 0 Å².